The molecule has 0 bridgehead atoms. The molecule has 0 fully saturated rings. The lowest BCUT2D eigenvalue weighted by atomic mass is 10.0. The summed E-state index contributed by atoms with van der Waals surface area (Å²) in [7, 11) is 0. The number of hydrogen-bond acceptors (Lipinski definition) is 8. The molecule has 0 heterocycles. The topological polar surface area (TPSA) is 134 Å². The first-order chi connectivity index (χ1) is 18.9. The molecular formula is C29H47N3O7S. The summed E-state index contributed by atoms with van der Waals surface area (Å²) in [5.74, 6) is -1.57. The van der Waals surface area contributed by atoms with Crippen molar-refractivity contribution in [2.24, 2.45) is 0 Å². The van der Waals surface area contributed by atoms with E-state index in [1.165, 1.54) is 17.0 Å². The van der Waals surface area contributed by atoms with Gasteiger partial charge in [0.25, 0.3) is 0 Å². The van der Waals surface area contributed by atoms with Crippen LogP contribution in [-0.4, -0.2) is 71.0 Å². The highest BCUT2D eigenvalue weighted by Gasteiger charge is 2.35. The van der Waals surface area contributed by atoms with Gasteiger partial charge in [-0.1, -0.05) is 51.2 Å². The molecule has 2 unspecified atom stereocenters. The lowest BCUT2D eigenvalue weighted by Crippen LogP contribution is -2.54. The first-order valence-corrected chi connectivity index (χ1v) is 14.7. The van der Waals surface area contributed by atoms with Crippen LogP contribution in [0.4, 0.5) is 4.79 Å². The van der Waals surface area contributed by atoms with Gasteiger partial charge in [0.05, 0.1) is 13.0 Å². The maximum absolute atomic E-state index is 13.9. The molecule has 0 aromatic heterocycles. The number of thiol groups is 1. The van der Waals surface area contributed by atoms with Crippen molar-refractivity contribution in [2.45, 2.75) is 97.2 Å². The number of ether oxygens (including phenoxy) is 2. The highest BCUT2D eigenvalue weighted by molar-refractivity contribution is 7.80. The summed E-state index contributed by atoms with van der Waals surface area (Å²) in [6.07, 6.45) is 4.98. The Hall–Kier alpha value is -2.95. The van der Waals surface area contributed by atoms with Gasteiger partial charge in [0.15, 0.2) is 0 Å². The molecule has 1 aromatic rings. The van der Waals surface area contributed by atoms with Crippen LogP contribution in [0.15, 0.2) is 24.3 Å². The molecule has 3 amide bonds. The molecule has 0 radical (unpaired) electrons. The number of nitrogens with zero attached hydrogens (tertiary/aromatic N) is 1. The van der Waals surface area contributed by atoms with Gasteiger partial charge in [0.1, 0.15) is 23.4 Å². The fraction of sp³-hybridized carbons (Fsp3) is 0.655. The van der Waals surface area contributed by atoms with E-state index in [-0.39, 0.29) is 37.6 Å². The fourth-order valence-electron chi connectivity index (χ4n) is 4.05. The summed E-state index contributed by atoms with van der Waals surface area (Å²) in [5.41, 5.74) is -0.377. The van der Waals surface area contributed by atoms with Crippen LogP contribution in [0.2, 0.25) is 0 Å². The third-order valence-corrected chi connectivity index (χ3v) is 6.25. The molecule has 0 aliphatic rings. The van der Waals surface area contributed by atoms with E-state index < -0.39 is 41.6 Å². The third kappa shape index (κ3) is 13.4. The number of benzene rings is 1. The number of rotatable bonds is 17. The molecule has 10 nitrogen and oxygen atoms in total. The molecule has 0 saturated heterocycles. The summed E-state index contributed by atoms with van der Waals surface area (Å²) in [5, 5.41) is 15.5. The quantitative estimate of drug-likeness (QED) is 0.121. The first-order valence-electron chi connectivity index (χ1n) is 14.1. The van der Waals surface area contributed by atoms with Gasteiger partial charge in [-0.05, 0) is 51.8 Å². The van der Waals surface area contributed by atoms with Gasteiger partial charge in [-0.2, -0.15) is 12.6 Å². The molecule has 1 aromatic carbocycles. The standard InChI is InChI=1S/C29H47N3O7S/c1-6-8-9-10-11-12-18-32(27(36)23(20-40)31-28(37)39-29(3,4)5)25(21-14-13-15-22(33)19-21)26(35)30-17-16-24(34)38-7-2/h13-15,19,23,25,33,40H,6-12,16-18,20H2,1-5H3,(H,30,35)(H,31,37). The number of phenolic OH excluding ortho intramolecular Hbond substituents is 1. The Kier molecular flexibility index (Phi) is 16.1. The number of carbonyl (C=O) groups is 4. The summed E-state index contributed by atoms with van der Waals surface area (Å²) in [4.78, 5) is 53.2. The molecule has 0 saturated carbocycles. The van der Waals surface area contributed by atoms with Crippen LogP contribution in [0, 0.1) is 0 Å². The number of alkyl carbamates (subject to hydrolysis) is 1. The Morgan fingerprint density at radius 3 is 2.33 bits per heavy atom. The van der Waals surface area contributed by atoms with Crippen molar-refractivity contribution in [3.05, 3.63) is 29.8 Å². The Bertz CT molecular complexity index is 952. The summed E-state index contributed by atoms with van der Waals surface area (Å²) >= 11 is 4.30. The Morgan fingerprint density at radius 1 is 1.05 bits per heavy atom. The van der Waals surface area contributed by atoms with E-state index in [1.807, 2.05) is 0 Å². The van der Waals surface area contributed by atoms with Crippen molar-refractivity contribution in [2.75, 3.05) is 25.4 Å². The second kappa shape index (κ2) is 18.4. The normalized spacial score (nSPS) is 12.7. The van der Waals surface area contributed by atoms with Crippen molar-refractivity contribution >= 4 is 36.5 Å². The average Bonchev–Trinajstić information content (AvgIpc) is 2.87. The minimum atomic E-state index is -1.12. The second-order valence-electron chi connectivity index (χ2n) is 10.5. The van der Waals surface area contributed by atoms with E-state index in [4.69, 9.17) is 9.47 Å². The highest BCUT2D eigenvalue weighted by Crippen LogP contribution is 2.26. The van der Waals surface area contributed by atoms with Gasteiger partial charge in [0, 0.05) is 18.8 Å². The highest BCUT2D eigenvalue weighted by atomic mass is 32.1. The minimum absolute atomic E-state index is 0.0121. The lowest BCUT2D eigenvalue weighted by Gasteiger charge is -2.34. The number of nitrogens with one attached hydrogen (secondary N) is 2. The molecule has 2 atom stereocenters. The number of phenols is 1. The monoisotopic (exact) mass is 581 g/mol. The largest absolute Gasteiger partial charge is 0.508 e. The molecule has 11 heteroatoms. The molecule has 0 aliphatic carbocycles. The van der Waals surface area contributed by atoms with E-state index in [1.54, 1.807) is 39.8 Å². The zero-order valence-electron chi connectivity index (χ0n) is 24.5. The van der Waals surface area contributed by atoms with Crippen molar-refractivity contribution in [3.63, 3.8) is 0 Å². The molecule has 0 spiro atoms. The zero-order chi connectivity index (χ0) is 30.1. The van der Waals surface area contributed by atoms with Crippen LogP contribution >= 0.6 is 12.6 Å². The number of hydrogen-bond donors (Lipinski definition) is 4. The van der Waals surface area contributed by atoms with Gasteiger partial charge in [0.2, 0.25) is 11.8 Å². The SMILES string of the molecule is CCCCCCCCN(C(=O)C(CS)NC(=O)OC(C)(C)C)C(C(=O)NCCC(=O)OCC)c1cccc(O)c1. The molecule has 3 N–H and O–H groups in total. The predicted octanol–water partition coefficient (Wildman–Crippen LogP) is 4.51. The van der Waals surface area contributed by atoms with Crippen molar-refractivity contribution in [3.8, 4) is 5.75 Å². The third-order valence-electron chi connectivity index (χ3n) is 5.89. The molecule has 40 heavy (non-hydrogen) atoms. The van der Waals surface area contributed by atoms with Gasteiger partial charge in [-0.3, -0.25) is 14.4 Å². The Balaban J connectivity index is 3.30. The van der Waals surface area contributed by atoms with Gasteiger partial charge >= 0.3 is 12.1 Å². The van der Waals surface area contributed by atoms with Crippen molar-refractivity contribution < 1.29 is 33.8 Å². The number of esters is 1. The van der Waals surface area contributed by atoms with E-state index in [9.17, 15) is 24.3 Å². The van der Waals surface area contributed by atoms with Crippen LogP contribution in [0.1, 0.15) is 91.2 Å². The van der Waals surface area contributed by atoms with Crippen LogP contribution in [0.5, 0.6) is 5.75 Å². The second-order valence-corrected chi connectivity index (χ2v) is 10.9. The number of aromatic hydroxyl groups is 1. The number of amides is 3. The van der Waals surface area contributed by atoms with Crippen LogP contribution in [0.3, 0.4) is 0 Å². The minimum Gasteiger partial charge on any atom is -0.508 e. The smallest absolute Gasteiger partial charge is 0.408 e. The van der Waals surface area contributed by atoms with Gasteiger partial charge in [-0.15, -0.1) is 0 Å². The summed E-state index contributed by atoms with van der Waals surface area (Å²) in [6.45, 7) is 9.46. The molecular weight excluding hydrogens is 534 g/mol. The number of unbranched alkanes of at least 4 members (excludes halogenated alkanes) is 5. The lowest BCUT2D eigenvalue weighted by molar-refractivity contribution is -0.144. The molecule has 0 aliphatic heterocycles. The van der Waals surface area contributed by atoms with Crippen LogP contribution in [-0.2, 0) is 23.9 Å². The Labute approximate surface area is 244 Å². The average molecular weight is 582 g/mol. The van der Waals surface area contributed by atoms with E-state index in [0.29, 0.717) is 12.0 Å². The van der Waals surface area contributed by atoms with E-state index in [0.717, 1.165) is 32.1 Å². The Morgan fingerprint density at radius 2 is 1.73 bits per heavy atom. The van der Waals surface area contributed by atoms with Crippen LogP contribution < -0.4 is 10.6 Å². The number of carbonyl (C=O) groups excluding carboxylic acids is 4. The maximum Gasteiger partial charge on any atom is 0.408 e. The first kappa shape index (κ1) is 35.1. The van der Waals surface area contributed by atoms with Crippen LogP contribution in [0.25, 0.3) is 0 Å². The summed E-state index contributed by atoms with van der Waals surface area (Å²) in [6, 6.07) is 3.94. The predicted molar refractivity (Wildman–Crippen MR) is 157 cm³/mol. The van der Waals surface area contributed by atoms with E-state index >= 15 is 0 Å². The van der Waals surface area contributed by atoms with Gasteiger partial charge < -0.3 is 30.1 Å². The molecule has 1 rings (SSSR count). The maximum atomic E-state index is 13.9. The van der Waals surface area contributed by atoms with E-state index in [2.05, 4.69) is 30.2 Å². The van der Waals surface area contributed by atoms with Crippen molar-refractivity contribution in [1.29, 1.82) is 0 Å². The summed E-state index contributed by atoms with van der Waals surface area (Å²) < 4.78 is 10.3. The fourth-order valence-corrected chi connectivity index (χ4v) is 4.30. The molecule has 226 valence electrons. The van der Waals surface area contributed by atoms with Gasteiger partial charge in [-0.25, -0.2) is 4.79 Å². The van der Waals surface area contributed by atoms with Crippen molar-refractivity contribution in [1.82, 2.24) is 15.5 Å². The zero-order valence-corrected chi connectivity index (χ0v) is 25.4.